The van der Waals surface area contributed by atoms with Crippen molar-refractivity contribution in [1.29, 1.82) is 5.26 Å². The van der Waals surface area contributed by atoms with Gasteiger partial charge in [0.2, 0.25) is 5.91 Å². The van der Waals surface area contributed by atoms with Crippen molar-refractivity contribution in [2.45, 2.75) is 6.54 Å². The molecule has 1 aromatic carbocycles. The van der Waals surface area contributed by atoms with Crippen LogP contribution in [-0.2, 0) is 13.6 Å². The number of hydrogen-bond acceptors (Lipinski definition) is 3. The molecule has 0 unspecified atom stereocenters. The van der Waals surface area contributed by atoms with Gasteiger partial charge in [-0.1, -0.05) is 11.6 Å². The zero-order chi connectivity index (χ0) is 14.7. The van der Waals surface area contributed by atoms with Crippen molar-refractivity contribution < 1.29 is 4.79 Å². The average molecular weight is 289 g/mol. The Kier molecular flexibility index (Phi) is 3.97. The van der Waals surface area contributed by atoms with Gasteiger partial charge in [-0.15, -0.1) is 0 Å². The number of hydrogen-bond donors (Lipinski definition) is 2. The second-order valence-electron chi connectivity index (χ2n) is 4.37. The molecule has 20 heavy (non-hydrogen) atoms. The summed E-state index contributed by atoms with van der Waals surface area (Å²) in [6.07, 6.45) is 1.86. The lowest BCUT2D eigenvalue weighted by Crippen LogP contribution is -2.11. The summed E-state index contributed by atoms with van der Waals surface area (Å²) in [5, 5.41) is 12.5. The number of anilines is 1. The monoisotopic (exact) mass is 288 g/mol. The van der Waals surface area contributed by atoms with Crippen LogP contribution in [0, 0.1) is 11.3 Å². The highest BCUT2D eigenvalue weighted by molar-refractivity contribution is 6.33. The minimum Gasteiger partial charge on any atom is -0.380 e. The Labute approximate surface area is 121 Å². The Hall–Kier alpha value is -2.45. The van der Waals surface area contributed by atoms with E-state index in [1.54, 1.807) is 28.8 Å². The maximum absolute atomic E-state index is 11.1. The predicted molar refractivity (Wildman–Crippen MR) is 77.4 cm³/mol. The summed E-state index contributed by atoms with van der Waals surface area (Å²) in [7, 11) is 1.81. The van der Waals surface area contributed by atoms with Crippen LogP contribution in [0.25, 0.3) is 0 Å². The molecule has 0 radical (unpaired) electrons. The lowest BCUT2D eigenvalue weighted by molar-refractivity contribution is 0.100. The van der Waals surface area contributed by atoms with Crippen molar-refractivity contribution in [2.24, 2.45) is 12.8 Å². The van der Waals surface area contributed by atoms with E-state index in [9.17, 15) is 4.79 Å². The SMILES string of the molecule is Cn1cc(CNc2cc(C(N)=O)ccc2Cl)cc1C#N. The molecule has 1 amide bonds. The predicted octanol–water partition coefficient (Wildman–Crippen LogP) is 2.26. The Morgan fingerprint density at radius 2 is 2.25 bits per heavy atom. The zero-order valence-electron chi connectivity index (χ0n) is 10.9. The standard InChI is InChI=1S/C14H13ClN4O/c1-19-8-9(4-11(19)6-16)7-18-13-5-10(14(17)20)2-3-12(13)15/h2-5,8,18H,7H2,1H3,(H2,17,20). The molecule has 6 heteroatoms. The summed E-state index contributed by atoms with van der Waals surface area (Å²) >= 11 is 6.06. The van der Waals surface area contributed by atoms with Gasteiger partial charge in [-0.3, -0.25) is 4.79 Å². The fraction of sp³-hybridized carbons (Fsp3) is 0.143. The summed E-state index contributed by atoms with van der Waals surface area (Å²) in [5.74, 6) is -0.504. The van der Waals surface area contributed by atoms with Crippen molar-refractivity contribution in [3.63, 3.8) is 0 Å². The molecule has 0 spiro atoms. The van der Waals surface area contributed by atoms with Crippen molar-refractivity contribution in [1.82, 2.24) is 4.57 Å². The summed E-state index contributed by atoms with van der Waals surface area (Å²) in [6.45, 7) is 0.497. The number of rotatable bonds is 4. The molecule has 0 saturated heterocycles. The molecule has 3 N–H and O–H groups in total. The van der Waals surface area contributed by atoms with E-state index in [4.69, 9.17) is 22.6 Å². The van der Waals surface area contributed by atoms with Gasteiger partial charge in [0.05, 0.1) is 10.7 Å². The zero-order valence-corrected chi connectivity index (χ0v) is 11.6. The minimum atomic E-state index is -0.504. The fourth-order valence-electron chi connectivity index (χ4n) is 1.85. The second kappa shape index (κ2) is 5.68. The third-order valence-corrected chi connectivity index (χ3v) is 3.24. The molecule has 102 valence electrons. The number of aryl methyl sites for hydroxylation is 1. The Morgan fingerprint density at radius 1 is 1.50 bits per heavy atom. The Balaban J connectivity index is 2.16. The average Bonchev–Trinajstić information content (AvgIpc) is 2.78. The maximum atomic E-state index is 11.1. The van der Waals surface area contributed by atoms with E-state index in [2.05, 4.69) is 11.4 Å². The molecule has 2 rings (SSSR count). The summed E-state index contributed by atoms with van der Waals surface area (Å²) < 4.78 is 1.75. The number of amides is 1. The summed E-state index contributed by atoms with van der Waals surface area (Å²) in [4.78, 5) is 11.1. The largest absolute Gasteiger partial charge is 0.380 e. The quantitative estimate of drug-likeness (QED) is 0.905. The fourth-order valence-corrected chi connectivity index (χ4v) is 2.04. The van der Waals surface area contributed by atoms with Gasteiger partial charge >= 0.3 is 0 Å². The van der Waals surface area contributed by atoms with Crippen molar-refractivity contribution in [3.8, 4) is 6.07 Å². The first-order valence-electron chi connectivity index (χ1n) is 5.90. The smallest absolute Gasteiger partial charge is 0.248 e. The molecule has 1 heterocycles. The number of benzene rings is 1. The highest BCUT2D eigenvalue weighted by Crippen LogP contribution is 2.23. The first-order chi connectivity index (χ1) is 9.51. The Morgan fingerprint density at radius 3 is 2.85 bits per heavy atom. The van der Waals surface area contributed by atoms with Crippen molar-refractivity contribution in [2.75, 3.05) is 5.32 Å². The van der Waals surface area contributed by atoms with E-state index in [-0.39, 0.29) is 0 Å². The van der Waals surface area contributed by atoms with E-state index in [1.807, 2.05) is 13.2 Å². The third-order valence-electron chi connectivity index (χ3n) is 2.91. The van der Waals surface area contributed by atoms with Gasteiger partial charge in [-0.05, 0) is 29.8 Å². The van der Waals surface area contributed by atoms with Gasteiger partial charge in [-0.25, -0.2) is 0 Å². The normalized spacial score (nSPS) is 10.1. The topological polar surface area (TPSA) is 83.8 Å². The molecule has 0 saturated carbocycles. The number of primary amides is 1. The van der Waals surface area contributed by atoms with Gasteiger partial charge in [0.15, 0.2) is 0 Å². The summed E-state index contributed by atoms with van der Waals surface area (Å²) in [6, 6.07) is 8.69. The maximum Gasteiger partial charge on any atom is 0.248 e. The van der Waals surface area contributed by atoms with Gasteiger partial charge in [0.1, 0.15) is 11.8 Å². The molecule has 1 aromatic heterocycles. The van der Waals surface area contributed by atoms with Gasteiger partial charge < -0.3 is 15.6 Å². The number of nitrogens with zero attached hydrogens (tertiary/aromatic N) is 2. The molecule has 0 aliphatic rings. The number of nitrogens with two attached hydrogens (primary N) is 1. The van der Waals surface area contributed by atoms with Crippen LogP contribution in [0.5, 0.6) is 0 Å². The number of carbonyl (C=O) groups excluding carboxylic acids is 1. The third kappa shape index (κ3) is 2.92. The molecule has 0 atom stereocenters. The number of carbonyl (C=O) groups is 1. The molecule has 0 fully saturated rings. The van der Waals surface area contributed by atoms with Crippen LogP contribution in [0.4, 0.5) is 5.69 Å². The lowest BCUT2D eigenvalue weighted by Gasteiger charge is -2.08. The molecule has 0 bridgehead atoms. The van der Waals surface area contributed by atoms with E-state index in [1.165, 1.54) is 0 Å². The van der Waals surface area contributed by atoms with E-state index >= 15 is 0 Å². The molecule has 5 nitrogen and oxygen atoms in total. The van der Waals surface area contributed by atoms with Crippen molar-refractivity contribution in [3.05, 3.63) is 52.3 Å². The first kappa shape index (κ1) is 14.0. The molecular weight excluding hydrogens is 276 g/mol. The molecule has 0 aliphatic heterocycles. The second-order valence-corrected chi connectivity index (χ2v) is 4.78. The molecule has 2 aromatic rings. The van der Waals surface area contributed by atoms with Crippen LogP contribution in [-0.4, -0.2) is 10.5 Å². The van der Waals surface area contributed by atoms with E-state index in [0.717, 1.165) is 5.56 Å². The van der Waals surface area contributed by atoms with Crippen molar-refractivity contribution >= 4 is 23.2 Å². The number of aromatic nitrogens is 1. The highest BCUT2D eigenvalue weighted by Gasteiger charge is 2.07. The van der Waals surface area contributed by atoms with Gasteiger partial charge in [0.25, 0.3) is 0 Å². The Bertz CT molecular complexity index is 700. The lowest BCUT2D eigenvalue weighted by atomic mass is 10.2. The van der Waals surface area contributed by atoms with Gasteiger partial charge in [0, 0.05) is 25.4 Å². The van der Waals surface area contributed by atoms with E-state index < -0.39 is 5.91 Å². The first-order valence-corrected chi connectivity index (χ1v) is 6.27. The van der Waals surface area contributed by atoms with Crippen LogP contribution in [0.2, 0.25) is 5.02 Å². The minimum absolute atomic E-state index is 0.391. The highest BCUT2D eigenvalue weighted by atomic mass is 35.5. The number of halogens is 1. The molecular formula is C14H13ClN4O. The van der Waals surface area contributed by atoms with Crippen LogP contribution >= 0.6 is 11.6 Å². The summed E-state index contributed by atoms with van der Waals surface area (Å²) in [5.41, 5.74) is 7.78. The number of nitriles is 1. The molecule has 0 aliphatic carbocycles. The van der Waals surface area contributed by atoms with Gasteiger partial charge in [-0.2, -0.15) is 5.26 Å². The van der Waals surface area contributed by atoms with E-state index in [0.29, 0.717) is 28.5 Å². The van der Waals surface area contributed by atoms with Crippen LogP contribution < -0.4 is 11.1 Å². The number of nitrogens with one attached hydrogen (secondary N) is 1. The van der Waals surface area contributed by atoms with Crippen LogP contribution in [0.3, 0.4) is 0 Å². The van der Waals surface area contributed by atoms with Crippen LogP contribution in [0.15, 0.2) is 30.5 Å². The van der Waals surface area contributed by atoms with Crippen LogP contribution in [0.1, 0.15) is 21.6 Å².